The van der Waals surface area contributed by atoms with E-state index in [1.807, 2.05) is 13.8 Å². The van der Waals surface area contributed by atoms with E-state index in [9.17, 15) is 13.2 Å². The summed E-state index contributed by atoms with van der Waals surface area (Å²) < 4.78 is 31.7. The quantitative estimate of drug-likeness (QED) is 0.403. The molecule has 0 fully saturated rings. The van der Waals surface area contributed by atoms with E-state index >= 15 is 0 Å². The van der Waals surface area contributed by atoms with Crippen LogP contribution in [-0.2, 0) is 19.6 Å². The minimum atomic E-state index is -3.48. The lowest BCUT2D eigenvalue weighted by molar-refractivity contribution is -0.143. The molecule has 8 heteroatoms. The second-order valence-electron chi connectivity index (χ2n) is 6.50. The molecule has 0 aliphatic heterocycles. The van der Waals surface area contributed by atoms with Gasteiger partial charge in [0.15, 0.2) is 0 Å². The molecule has 26 heavy (non-hydrogen) atoms. The van der Waals surface area contributed by atoms with Gasteiger partial charge in [-0.05, 0) is 49.8 Å². The molecule has 0 saturated heterocycles. The van der Waals surface area contributed by atoms with Crippen molar-refractivity contribution in [3.8, 4) is 0 Å². The van der Waals surface area contributed by atoms with Gasteiger partial charge in [-0.25, -0.2) is 13.1 Å². The summed E-state index contributed by atoms with van der Waals surface area (Å²) in [5.41, 5.74) is 0. The van der Waals surface area contributed by atoms with E-state index in [1.54, 1.807) is 30.8 Å². The summed E-state index contributed by atoms with van der Waals surface area (Å²) >= 11 is 7.51. The molecule has 0 bridgehead atoms. The van der Waals surface area contributed by atoms with Crippen LogP contribution in [0.3, 0.4) is 0 Å². The Kier molecular flexibility index (Phi) is 10.00. The lowest BCUT2D eigenvalue weighted by atomic mass is 10.1. The molecule has 0 unspecified atom stereocenters. The predicted octanol–water partition coefficient (Wildman–Crippen LogP) is 4.25. The summed E-state index contributed by atoms with van der Waals surface area (Å²) in [7, 11) is -3.48. The Hall–Kier alpha value is -0.760. The topological polar surface area (TPSA) is 72.5 Å². The molecule has 148 valence electrons. The summed E-state index contributed by atoms with van der Waals surface area (Å²) in [6, 6.07) is 6.11. The molecule has 1 aromatic rings. The molecule has 0 aliphatic carbocycles. The number of ether oxygens (including phenoxy) is 1. The number of sulfonamides is 1. The highest BCUT2D eigenvalue weighted by Gasteiger charge is 2.23. The van der Waals surface area contributed by atoms with Gasteiger partial charge in [-0.3, -0.25) is 4.79 Å². The number of carbonyl (C=O) groups is 1. The van der Waals surface area contributed by atoms with Gasteiger partial charge in [-0.15, -0.1) is 0 Å². The summed E-state index contributed by atoms with van der Waals surface area (Å²) in [6.07, 6.45) is 3.06. The number of carbonyl (C=O) groups excluding carboxylic acids is 1. The zero-order valence-corrected chi connectivity index (χ0v) is 18.0. The molecule has 1 aromatic carbocycles. The van der Waals surface area contributed by atoms with Gasteiger partial charge in [-0.1, -0.05) is 31.9 Å². The number of hydrogen-bond donors (Lipinski definition) is 1. The Morgan fingerprint density at radius 2 is 1.85 bits per heavy atom. The monoisotopic (exact) mass is 421 g/mol. The average Bonchev–Trinajstić information content (AvgIpc) is 2.54. The van der Waals surface area contributed by atoms with Crippen molar-refractivity contribution in [2.45, 2.75) is 56.1 Å². The van der Waals surface area contributed by atoms with Crippen molar-refractivity contribution in [1.29, 1.82) is 0 Å². The minimum absolute atomic E-state index is 0.150. The summed E-state index contributed by atoms with van der Waals surface area (Å²) in [6.45, 7) is 6.69. The summed E-state index contributed by atoms with van der Waals surface area (Å²) in [4.78, 5) is 11.8. The first-order valence-electron chi connectivity index (χ1n) is 8.71. The smallest absolute Gasteiger partial charge is 0.307 e. The van der Waals surface area contributed by atoms with Crippen molar-refractivity contribution in [3.63, 3.8) is 0 Å². The third kappa shape index (κ3) is 9.26. The third-order valence-corrected chi connectivity index (χ3v) is 6.75. The third-order valence-electron chi connectivity index (χ3n) is 3.61. The van der Waals surface area contributed by atoms with Crippen LogP contribution in [0.25, 0.3) is 0 Å². The first kappa shape index (κ1) is 23.3. The number of rotatable bonds is 12. The Bertz CT molecular complexity index is 660. The number of halogens is 1. The zero-order chi connectivity index (χ0) is 19.6. The second-order valence-corrected chi connectivity index (χ2v) is 10.5. The largest absolute Gasteiger partial charge is 0.466 e. The van der Waals surface area contributed by atoms with E-state index in [0.29, 0.717) is 24.6 Å². The van der Waals surface area contributed by atoms with E-state index in [2.05, 4.69) is 4.72 Å². The van der Waals surface area contributed by atoms with Crippen LogP contribution in [0.4, 0.5) is 0 Å². The molecule has 0 amide bonds. The molecule has 0 radical (unpaired) electrons. The number of unbranched alkanes of at least 4 members (excludes halogenated alkanes) is 2. The lowest BCUT2D eigenvalue weighted by Gasteiger charge is -2.22. The molecule has 1 N–H and O–H groups in total. The Morgan fingerprint density at radius 1 is 1.19 bits per heavy atom. The Labute approximate surface area is 166 Å². The molecule has 5 nitrogen and oxygen atoms in total. The SMILES string of the molecule is CCOC(=O)CC(C)(C)SCCCCCNS(=O)(=O)c1ccc(Cl)cc1. The van der Waals surface area contributed by atoms with Crippen LogP contribution in [0.1, 0.15) is 46.5 Å². The van der Waals surface area contributed by atoms with Crippen LogP contribution in [0, 0.1) is 0 Å². The minimum Gasteiger partial charge on any atom is -0.466 e. The Morgan fingerprint density at radius 3 is 2.46 bits per heavy atom. The van der Waals surface area contributed by atoms with E-state index in [1.165, 1.54) is 12.1 Å². The van der Waals surface area contributed by atoms with Crippen molar-refractivity contribution in [3.05, 3.63) is 29.3 Å². The molecular weight excluding hydrogens is 394 g/mol. The van der Waals surface area contributed by atoms with E-state index in [-0.39, 0.29) is 15.6 Å². The predicted molar refractivity (Wildman–Crippen MR) is 108 cm³/mol. The molecular formula is C18H28ClNO4S2. The maximum atomic E-state index is 12.1. The van der Waals surface area contributed by atoms with Gasteiger partial charge in [-0.2, -0.15) is 11.8 Å². The van der Waals surface area contributed by atoms with Gasteiger partial charge in [0, 0.05) is 16.3 Å². The fraction of sp³-hybridized carbons (Fsp3) is 0.611. The molecule has 0 atom stereocenters. The van der Waals surface area contributed by atoms with Crippen LogP contribution >= 0.6 is 23.4 Å². The molecule has 0 spiro atoms. The van der Waals surface area contributed by atoms with Crippen molar-refractivity contribution < 1.29 is 17.9 Å². The number of hydrogen-bond acceptors (Lipinski definition) is 5. The number of esters is 1. The molecule has 0 aromatic heterocycles. The van der Waals surface area contributed by atoms with E-state index in [0.717, 1.165) is 25.0 Å². The fourth-order valence-corrected chi connectivity index (χ4v) is 4.59. The van der Waals surface area contributed by atoms with Crippen LogP contribution in [0.15, 0.2) is 29.2 Å². The first-order chi connectivity index (χ1) is 12.2. The van der Waals surface area contributed by atoms with Gasteiger partial charge in [0.2, 0.25) is 10.0 Å². The normalized spacial score (nSPS) is 12.2. The van der Waals surface area contributed by atoms with Crippen LogP contribution in [-0.4, -0.2) is 38.0 Å². The lowest BCUT2D eigenvalue weighted by Crippen LogP contribution is -2.24. The van der Waals surface area contributed by atoms with Crippen LogP contribution in [0.2, 0.25) is 5.02 Å². The summed E-state index contributed by atoms with van der Waals surface area (Å²) in [5, 5.41) is 0.507. The van der Waals surface area contributed by atoms with Gasteiger partial charge in [0.05, 0.1) is 17.9 Å². The van der Waals surface area contributed by atoms with E-state index in [4.69, 9.17) is 16.3 Å². The van der Waals surface area contributed by atoms with Gasteiger partial charge in [0.25, 0.3) is 0 Å². The van der Waals surface area contributed by atoms with Crippen molar-refractivity contribution in [2.24, 2.45) is 0 Å². The van der Waals surface area contributed by atoms with Crippen molar-refractivity contribution in [1.82, 2.24) is 4.72 Å². The molecule has 0 heterocycles. The average molecular weight is 422 g/mol. The molecule has 0 aliphatic rings. The standard InChI is InChI=1S/C18H28ClNO4S2/c1-4-24-17(21)14-18(2,3)25-13-7-5-6-12-20-26(22,23)16-10-8-15(19)9-11-16/h8-11,20H,4-7,12-14H2,1-3H3. The van der Waals surface area contributed by atoms with Gasteiger partial charge >= 0.3 is 5.97 Å². The maximum absolute atomic E-state index is 12.1. The number of thioether (sulfide) groups is 1. The van der Waals surface area contributed by atoms with Crippen LogP contribution < -0.4 is 4.72 Å². The highest BCUT2D eigenvalue weighted by molar-refractivity contribution is 8.00. The molecule has 0 saturated carbocycles. The number of benzene rings is 1. The molecule has 1 rings (SSSR count). The number of nitrogens with one attached hydrogen (secondary N) is 1. The van der Waals surface area contributed by atoms with Crippen molar-refractivity contribution in [2.75, 3.05) is 18.9 Å². The first-order valence-corrected chi connectivity index (χ1v) is 11.6. The van der Waals surface area contributed by atoms with Gasteiger partial charge < -0.3 is 4.74 Å². The maximum Gasteiger partial charge on any atom is 0.307 e. The van der Waals surface area contributed by atoms with Crippen molar-refractivity contribution >= 4 is 39.4 Å². The second kappa shape index (κ2) is 11.2. The highest BCUT2D eigenvalue weighted by Crippen LogP contribution is 2.29. The van der Waals surface area contributed by atoms with Gasteiger partial charge in [0.1, 0.15) is 0 Å². The summed E-state index contributed by atoms with van der Waals surface area (Å²) in [5.74, 6) is 0.762. The van der Waals surface area contributed by atoms with Crippen LogP contribution in [0.5, 0.6) is 0 Å². The fourth-order valence-electron chi connectivity index (χ4n) is 2.27. The zero-order valence-electron chi connectivity index (χ0n) is 15.6. The Balaban J connectivity index is 2.21. The van der Waals surface area contributed by atoms with E-state index < -0.39 is 10.0 Å². The highest BCUT2D eigenvalue weighted by atomic mass is 35.5.